The number of nitrogens with zero attached hydrogens (tertiary/aromatic N) is 1. The van der Waals surface area contributed by atoms with Crippen LogP contribution in [-0.2, 0) is 30.3 Å². The maximum Gasteiger partial charge on any atom is 0.408 e. The number of aryl methyl sites for hydroxylation is 2. The van der Waals surface area contributed by atoms with E-state index in [1.54, 1.807) is 26.8 Å². The van der Waals surface area contributed by atoms with Gasteiger partial charge in [0.05, 0.1) is 7.11 Å². The van der Waals surface area contributed by atoms with E-state index >= 15 is 0 Å². The van der Waals surface area contributed by atoms with Gasteiger partial charge >= 0.3 is 12.1 Å². The molecule has 3 amide bonds. The number of carbonyl (C=O) groups is 4. The van der Waals surface area contributed by atoms with Crippen LogP contribution in [0.2, 0.25) is 0 Å². The van der Waals surface area contributed by atoms with E-state index < -0.39 is 41.6 Å². The van der Waals surface area contributed by atoms with Crippen LogP contribution in [0.4, 0.5) is 4.79 Å². The molecule has 0 fully saturated rings. The van der Waals surface area contributed by atoms with Crippen molar-refractivity contribution < 1.29 is 28.7 Å². The monoisotopic (exact) mass is 511 g/mol. The van der Waals surface area contributed by atoms with Crippen LogP contribution >= 0.6 is 0 Å². The fourth-order valence-corrected chi connectivity index (χ4v) is 3.69. The van der Waals surface area contributed by atoms with Gasteiger partial charge in [0.15, 0.2) is 0 Å². The number of nitrogens with one attached hydrogen (secondary N) is 2. The largest absolute Gasteiger partial charge is 0.468 e. The van der Waals surface area contributed by atoms with Crippen molar-refractivity contribution >= 4 is 23.9 Å². The summed E-state index contributed by atoms with van der Waals surface area (Å²) >= 11 is 0. The first-order valence-electron chi connectivity index (χ1n) is 12.0. The van der Waals surface area contributed by atoms with Gasteiger partial charge < -0.3 is 25.0 Å². The molecule has 0 aliphatic rings. The van der Waals surface area contributed by atoms with Crippen LogP contribution in [0.15, 0.2) is 48.5 Å². The lowest BCUT2D eigenvalue weighted by atomic mass is 9.98. The molecule has 200 valence electrons. The SMILES string of the molecule is COC(=O)CNC(=O)C(c1ccc(C)c(C)c1)N(C)C(=O)C(Cc1ccccc1)NC(=O)OC(C)(C)C. The molecule has 0 aliphatic carbocycles. The zero-order valence-electron chi connectivity index (χ0n) is 22.6. The van der Waals surface area contributed by atoms with Crippen molar-refractivity contribution in [2.75, 3.05) is 20.7 Å². The highest BCUT2D eigenvalue weighted by molar-refractivity contribution is 5.93. The van der Waals surface area contributed by atoms with Crippen molar-refractivity contribution in [2.45, 2.75) is 58.7 Å². The summed E-state index contributed by atoms with van der Waals surface area (Å²) in [7, 11) is 2.72. The summed E-state index contributed by atoms with van der Waals surface area (Å²) in [6.45, 7) is 8.70. The second-order valence-corrected chi connectivity index (χ2v) is 9.88. The number of ether oxygens (including phenoxy) is 2. The van der Waals surface area contributed by atoms with E-state index in [9.17, 15) is 19.2 Å². The Kier molecular flexibility index (Phi) is 10.2. The van der Waals surface area contributed by atoms with Gasteiger partial charge in [-0.1, -0.05) is 48.5 Å². The Labute approximate surface area is 218 Å². The van der Waals surface area contributed by atoms with Gasteiger partial charge in [-0.25, -0.2) is 4.79 Å². The molecule has 0 saturated carbocycles. The summed E-state index contributed by atoms with van der Waals surface area (Å²) in [4.78, 5) is 52.6. The fraction of sp³-hybridized carbons (Fsp3) is 0.429. The first-order valence-corrected chi connectivity index (χ1v) is 12.0. The van der Waals surface area contributed by atoms with E-state index in [1.807, 2.05) is 56.3 Å². The Morgan fingerprint density at radius 3 is 2.19 bits per heavy atom. The smallest absolute Gasteiger partial charge is 0.408 e. The van der Waals surface area contributed by atoms with Crippen molar-refractivity contribution in [2.24, 2.45) is 0 Å². The van der Waals surface area contributed by atoms with Gasteiger partial charge in [0.2, 0.25) is 11.8 Å². The highest BCUT2D eigenvalue weighted by atomic mass is 16.6. The minimum Gasteiger partial charge on any atom is -0.468 e. The van der Waals surface area contributed by atoms with Crippen molar-refractivity contribution in [3.8, 4) is 0 Å². The Morgan fingerprint density at radius 2 is 1.62 bits per heavy atom. The molecule has 2 unspecified atom stereocenters. The summed E-state index contributed by atoms with van der Waals surface area (Å²) in [5.41, 5.74) is 2.60. The number of amides is 3. The van der Waals surface area contributed by atoms with Gasteiger partial charge in [0, 0.05) is 13.5 Å². The first kappa shape index (κ1) is 29.4. The second-order valence-electron chi connectivity index (χ2n) is 9.88. The van der Waals surface area contributed by atoms with Crippen LogP contribution in [0.1, 0.15) is 49.1 Å². The number of esters is 1. The molecule has 2 rings (SSSR count). The van der Waals surface area contributed by atoms with E-state index in [-0.39, 0.29) is 13.0 Å². The van der Waals surface area contributed by atoms with Gasteiger partial charge in [0.25, 0.3) is 0 Å². The van der Waals surface area contributed by atoms with Crippen molar-refractivity contribution in [3.05, 3.63) is 70.8 Å². The molecule has 0 saturated heterocycles. The number of rotatable bonds is 9. The molecule has 0 aromatic heterocycles. The Hall–Kier alpha value is -3.88. The first-order chi connectivity index (χ1) is 17.3. The van der Waals surface area contributed by atoms with E-state index in [4.69, 9.17) is 4.74 Å². The van der Waals surface area contributed by atoms with Crippen LogP contribution in [0, 0.1) is 13.8 Å². The number of alkyl carbamates (subject to hydrolysis) is 1. The molecule has 2 aromatic carbocycles. The number of benzene rings is 2. The third-order valence-corrected chi connectivity index (χ3v) is 5.74. The summed E-state index contributed by atoms with van der Waals surface area (Å²) in [6.07, 6.45) is -0.555. The lowest BCUT2D eigenvalue weighted by Crippen LogP contribution is -2.52. The molecule has 37 heavy (non-hydrogen) atoms. The molecule has 0 heterocycles. The lowest BCUT2D eigenvalue weighted by Gasteiger charge is -2.32. The summed E-state index contributed by atoms with van der Waals surface area (Å²) < 4.78 is 10.0. The normalized spacial score (nSPS) is 12.6. The Bertz CT molecular complexity index is 1110. The Balaban J connectivity index is 2.41. The predicted octanol–water partition coefficient (Wildman–Crippen LogP) is 3.23. The van der Waals surface area contributed by atoms with Crippen molar-refractivity contribution in [1.82, 2.24) is 15.5 Å². The van der Waals surface area contributed by atoms with E-state index in [0.29, 0.717) is 5.56 Å². The average molecular weight is 512 g/mol. The minimum atomic E-state index is -1.06. The van der Waals surface area contributed by atoms with Crippen molar-refractivity contribution in [1.29, 1.82) is 0 Å². The van der Waals surface area contributed by atoms with E-state index in [2.05, 4.69) is 15.4 Å². The highest BCUT2D eigenvalue weighted by Crippen LogP contribution is 2.24. The third kappa shape index (κ3) is 8.93. The Morgan fingerprint density at radius 1 is 0.973 bits per heavy atom. The molecule has 0 radical (unpaired) electrons. The molecule has 2 N–H and O–H groups in total. The summed E-state index contributed by atoms with van der Waals surface area (Å²) in [6, 6.07) is 12.6. The fourth-order valence-electron chi connectivity index (χ4n) is 3.69. The molecule has 0 bridgehead atoms. The topological polar surface area (TPSA) is 114 Å². The predicted molar refractivity (Wildman–Crippen MR) is 140 cm³/mol. The van der Waals surface area contributed by atoms with Gasteiger partial charge in [0.1, 0.15) is 24.2 Å². The maximum absolute atomic E-state index is 13.8. The summed E-state index contributed by atoms with van der Waals surface area (Å²) in [5.74, 6) is -1.67. The molecular formula is C28H37N3O6. The number of hydrogen-bond donors (Lipinski definition) is 2. The van der Waals surface area contributed by atoms with E-state index in [1.165, 1.54) is 19.1 Å². The van der Waals surface area contributed by atoms with Gasteiger partial charge in [-0.3, -0.25) is 14.4 Å². The van der Waals surface area contributed by atoms with Crippen LogP contribution in [0.5, 0.6) is 0 Å². The van der Waals surface area contributed by atoms with Crippen LogP contribution in [0.25, 0.3) is 0 Å². The summed E-state index contributed by atoms with van der Waals surface area (Å²) in [5, 5.41) is 5.21. The molecule has 2 aromatic rings. The van der Waals surface area contributed by atoms with Crippen molar-refractivity contribution in [3.63, 3.8) is 0 Å². The molecular weight excluding hydrogens is 474 g/mol. The maximum atomic E-state index is 13.8. The molecule has 2 atom stereocenters. The van der Waals surface area contributed by atoms with Crippen LogP contribution in [-0.4, -0.2) is 61.1 Å². The van der Waals surface area contributed by atoms with Gasteiger partial charge in [-0.15, -0.1) is 0 Å². The number of hydrogen-bond acceptors (Lipinski definition) is 6. The highest BCUT2D eigenvalue weighted by Gasteiger charge is 2.34. The molecule has 9 heteroatoms. The van der Waals surface area contributed by atoms with Gasteiger partial charge in [-0.05, 0) is 56.9 Å². The number of methoxy groups -OCH3 is 1. The quantitative estimate of drug-likeness (QED) is 0.500. The van der Waals surface area contributed by atoms with E-state index in [0.717, 1.165) is 16.7 Å². The average Bonchev–Trinajstić information content (AvgIpc) is 2.83. The van der Waals surface area contributed by atoms with Crippen LogP contribution in [0.3, 0.4) is 0 Å². The zero-order valence-corrected chi connectivity index (χ0v) is 22.6. The number of likely N-dealkylation sites (N-methyl/N-ethyl adjacent to an activating group) is 1. The van der Waals surface area contributed by atoms with Gasteiger partial charge in [-0.2, -0.15) is 0 Å². The van der Waals surface area contributed by atoms with Crippen LogP contribution < -0.4 is 10.6 Å². The molecule has 0 aliphatic heterocycles. The number of carbonyl (C=O) groups excluding carboxylic acids is 4. The standard InChI is InChI=1S/C28H37N3O6/c1-18-13-14-21(15-19(18)2)24(25(33)29-17-23(32)36-7)31(6)26(34)22(16-20-11-9-8-10-12-20)30-27(35)37-28(3,4)5/h8-15,22,24H,16-17H2,1-7H3,(H,29,33)(H,30,35). The molecule has 0 spiro atoms. The second kappa shape index (κ2) is 12.9. The lowest BCUT2D eigenvalue weighted by molar-refractivity contribution is -0.143. The minimum absolute atomic E-state index is 0.187. The third-order valence-electron chi connectivity index (χ3n) is 5.74. The molecule has 9 nitrogen and oxygen atoms in total. The zero-order chi connectivity index (χ0) is 27.8.